The molecular formula is C12H17NO5S. The number of methoxy groups -OCH3 is 1. The average molecular weight is 287 g/mol. The van der Waals surface area contributed by atoms with Gasteiger partial charge in [-0.1, -0.05) is 12.1 Å². The van der Waals surface area contributed by atoms with Crippen molar-refractivity contribution in [2.75, 3.05) is 13.7 Å². The fourth-order valence-electron chi connectivity index (χ4n) is 1.58. The topological polar surface area (TPSA) is 92.7 Å². The molecule has 6 nitrogen and oxygen atoms in total. The molecule has 1 atom stereocenters. The Hall–Kier alpha value is -1.44. The van der Waals surface area contributed by atoms with Crippen LogP contribution in [-0.4, -0.2) is 39.3 Å². The quantitative estimate of drug-likeness (QED) is 0.767. The molecule has 0 bridgehead atoms. The van der Waals surface area contributed by atoms with Crippen molar-refractivity contribution in [3.63, 3.8) is 0 Å². The van der Waals surface area contributed by atoms with E-state index in [1.807, 2.05) is 0 Å². The lowest BCUT2D eigenvalue weighted by molar-refractivity contribution is -0.136. The lowest BCUT2D eigenvalue weighted by atomic mass is 10.2. The van der Waals surface area contributed by atoms with E-state index in [2.05, 4.69) is 4.72 Å². The zero-order chi connectivity index (χ0) is 14.5. The average Bonchev–Trinajstić information content (AvgIpc) is 2.28. The van der Waals surface area contributed by atoms with Crippen molar-refractivity contribution in [1.29, 1.82) is 0 Å². The van der Waals surface area contributed by atoms with E-state index >= 15 is 0 Å². The molecule has 19 heavy (non-hydrogen) atoms. The number of carboxylic acid groups (broad SMARTS) is 1. The smallest absolute Gasteiger partial charge is 0.307 e. The van der Waals surface area contributed by atoms with E-state index in [0.29, 0.717) is 5.56 Å². The van der Waals surface area contributed by atoms with E-state index in [-0.39, 0.29) is 24.0 Å². The molecular weight excluding hydrogens is 270 g/mol. The minimum Gasteiger partial charge on any atom is -0.481 e. The van der Waals surface area contributed by atoms with E-state index in [9.17, 15) is 13.2 Å². The SMILES string of the molecule is COCC(C)NS(=O)(=O)c1ccc(CC(=O)O)cc1. The molecule has 1 aromatic carbocycles. The third-order valence-electron chi connectivity index (χ3n) is 2.36. The Morgan fingerprint density at radius 1 is 1.37 bits per heavy atom. The first-order chi connectivity index (χ1) is 8.85. The first kappa shape index (κ1) is 15.6. The van der Waals surface area contributed by atoms with Gasteiger partial charge in [0.15, 0.2) is 0 Å². The number of hydrogen-bond donors (Lipinski definition) is 2. The first-order valence-corrected chi connectivity index (χ1v) is 7.15. The predicted molar refractivity (Wildman–Crippen MR) is 69.4 cm³/mol. The molecule has 0 aliphatic rings. The van der Waals surface area contributed by atoms with Gasteiger partial charge in [0, 0.05) is 13.2 Å². The summed E-state index contributed by atoms with van der Waals surface area (Å²) < 4.78 is 31.3. The first-order valence-electron chi connectivity index (χ1n) is 5.67. The van der Waals surface area contributed by atoms with Gasteiger partial charge >= 0.3 is 5.97 Å². The van der Waals surface area contributed by atoms with Crippen molar-refractivity contribution < 1.29 is 23.1 Å². The highest BCUT2D eigenvalue weighted by molar-refractivity contribution is 7.89. The number of hydrogen-bond acceptors (Lipinski definition) is 4. The molecule has 1 rings (SSSR count). The Morgan fingerprint density at radius 3 is 2.42 bits per heavy atom. The third-order valence-corrected chi connectivity index (χ3v) is 3.97. The van der Waals surface area contributed by atoms with Gasteiger partial charge in [-0.05, 0) is 24.6 Å². The van der Waals surface area contributed by atoms with E-state index in [1.165, 1.54) is 31.4 Å². The van der Waals surface area contributed by atoms with Gasteiger partial charge in [0.2, 0.25) is 10.0 Å². The molecule has 106 valence electrons. The van der Waals surface area contributed by atoms with Crippen molar-refractivity contribution >= 4 is 16.0 Å². The van der Waals surface area contributed by atoms with Crippen LogP contribution in [-0.2, 0) is 26.0 Å². The molecule has 0 aliphatic heterocycles. The van der Waals surface area contributed by atoms with Gasteiger partial charge < -0.3 is 9.84 Å². The number of nitrogens with one attached hydrogen (secondary N) is 1. The van der Waals surface area contributed by atoms with Crippen molar-refractivity contribution in [3.8, 4) is 0 Å². The number of sulfonamides is 1. The summed E-state index contributed by atoms with van der Waals surface area (Å²) in [7, 11) is -2.11. The summed E-state index contributed by atoms with van der Waals surface area (Å²) in [6, 6.07) is 5.42. The van der Waals surface area contributed by atoms with Gasteiger partial charge in [0.1, 0.15) is 0 Å². The highest BCUT2D eigenvalue weighted by Gasteiger charge is 2.17. The molecule has 7 heteroatoms. The van der Waals surface area contributed by atoms with Crippen LogP contribution in [0, 0.1) is 0 Å². The van der Waals surface area contributed by atoms with Gasteiger partial charge in [-0.25, -0.2) is 13.1 Å². The van der Waals surface area contributed by atoms with Gasteiger partial charge in [-0.15, -0.1) is 0 Å². The lowest BCUT2D eigenvalue weighted by Gasteiger charge is -2.13. The summed E-state index contributed by atoms with van der Waals surface area (Å²) in [6.45, 7) is 1.97. The van der Waals surface area contributed by atoms with Crippen LogP contribution in [0.2, 0.25) is 0 Å². The number of benzene rings is 1. The maximum absolute atomic E-state index is 12.0. The normalized spacial score (nSPS) is 13.2. The molecule has 0 heterocycles. The summed E-state index contributed by atoms with van der Waals surface area (Å²) in [5.74, 6) is -0.956. The van der Waals surface area contributed by atoms with Crippen LogP contribution in [0.15, 0.2) is 29.2 Å². The van der Waals surface area contributed by atoms with Crippen LogP contribution in [0.4, 0.5) is 0 Å². The molecule has 0 saturated carbocycles. The second kappa shape index (κ2) is 6.65. The molecule has 0 aromatic heterocycles. The highest BCUT2D eigenvalue weighted by Crippen LogP contribution is 2.11. The van der Waals surface area contributed by atoms with Gasteiger partial charge in [0.25, 0.3) is 0 Å². The molecule has 0 amide bonds. The Kier molecular flexibility index (Phi) is 5.46. The molecule has 1 unspecified atom stereocenters. The molecule has 1 aromatic rings. The van der Waals surface area contributed by atoms with E-state index in [1.54, 1.807) is 6.92 Å². The van der Waals surface area contributed by atoms with Gasteiger partial charge in [-0.3, -0.25) is 4.79 Å². The van der Waals surface area contributed by atoms with Crippen LogP contribution < -0.4 is 4.72 Å². The van der Waals surface area contributed by atoms with Crippen LogP contribution in [0.5, 0.6) is 0 Å². The number of carbonyl (C=O) groups is 1. The third kappa shape index (κ3) is 4.98. The Balaban J connectivity index is 2.81. The standard InChI is InChI=1S/C12H17NO5S/c1-9(8-18-2)13-19(16,17)11-5-3-10(4-6-11)7-12(14)15/h3-6,9,13H,7-8H2,1-2H3,(H,14,15). The molecule has 0 spiro atoms. The van der Waals surface area contributed by atoms with E-state index in [0.717, 1.165) is 0 Å². The fourth-order valence-corrected chi connectivity index (χ4v) is 2.81. The second-order valence-corrected chi connectivity index (χ2v) is 5.91. The Bertz CT molecular complexity index is 524. The van der Waals surface area contributed by atoms with E-state index in [4.69, 9.17) is 9.84 Å². The van der Waals surface area contributed by atoms with Crippen molar-refractivity contribution in [1.82, 2.24) is 4.72 Å². The number of rotatable bonds is 7. The molecule has 0 saturated heterocycles. The van der Waals surface area contributed by atoms with Crippen LogP contribution in [0.1, 0.15) is 12.5 Å². The zero-order valence-corrected chi connectivity index (χ0v) is 11.6. The minimum absolute atomic E-state index is 0.101. The van der Waals surface area contributed by atoms with Crippen LogP contribution in [0.3, 0.4) is 0 Å². The highest BCUT2D eigenvalue weighted by atomic mass is 32.2. The second-order valence-electron chi connectivity index (χ2n) is 4.19. The Morgan fingerprint density at radius 2 is 1.95 bits per heavy atom. The maximum Gasteiger partial charge on any atom is 0.307 e. The Labute approximate surface area is 112 Å². The number of carboxylic acids is 1. The summed E-state index contributed by atoms with van der Waals surface area (Å²) in [4.78, 5) is 10.6. The molecule has 0 aliphatic carbocycles. The molecule has 0 radical (unpaired) electrons. The predicted octanol–water partition coefficient (Wildman–Crippen LogP) is 0.627. The number of aliphatic carboxylic acids is 1. The largest absolute Gasteiger partial charge is 0.481 e. The van der Waals surface area contributed by atoms with Crippen LogP contribution in [0.25, 0.3) is 0 Å². The van der Waals surface area contributed by atoms with Crippen molar-refractivity contribution in [3.05, 3.63) is 29.8 Å². The van der Waals surface area contributed by atoms with Crippen molar-refractivity contribution in [2.45, 2.75) is 24.3 Å². The summed E-state index contributed by atoms with van der Waals surface area (Å²) in [5.41, 5.74) is 0.552. The molecule has 2 N–H and O–H groups in total. The summed E-state index contributed by atoms with van der Waals surface area (Å²) >= 11 is 0. The fraction of sp³-hybridized carbons (Fsp3) is 0.417. The zero-order valence-electron chi connectivity index (χ0n) is 10.8. The molecule has 0 fully saturated rings. The van der Waals surface area contributed by atoms with Gasteiger partial charge in [0.05, 0.1) is 17.9 Å². The minimum atomic E-state index is -3.60. The maximum atomic E-state index is 12.0. The van der Waals surface area contributed by atoms with Crippen molar-refractivity contribution in [2.24, 2.45) is 0 Å². The lowest BCUT2D eigenvalue weighted by Crippen LogP contribution is -2.35. The van der Waals surface area contributed by atoms with Crippen LogP contribution >= 0.6 is 0 Å². The monoisotopic (exact) mass is 287 g/mol. The van der Waals surface area contributed by atoms with E-state index < -0.39 is 16.0 Å². The summed E-state index contributed by atoms with van der Waals surface area (Å²) in [6.07, 6.45) is -0.131. The summed E-state index contributed by atoms with van der Waals surface area (Å²) in [5, 5.41) is 8.63. The number of ether oxygens (including phenoxy) is 1. The van der Waals surface area contributed by atoms with Gasteiger partial charge in [-0.2, -0.15) is 0 Å².